The van der Waals surface area contributed by atoms with Gasteiger partial charge in [0.25, 0.3) is 0 Å². The molecule has 0 heterocycles. The molecule has 0 unspecified atom stereocenters. The molecule has 0 aromatic carbocycles. The van der Waals surface area contributed by atoms with E-state index in [1.807, 2.05) is 6.92 Å². The van der Waals surface area contributed by atoms with Gasteiger partial charge in [-0.25, -0.2) is 0 Å². The minimum Gasteiger partial charge on any atom is -0.396 e. The Hall–Kier alpha value is -0.160. The zero-order valence-electron chi connectivity index (χ0n) is 11.4. The summed E-state index contributed by atoms with van der Waals surface area (Å²) in [6.45, 7) is 5.35. The fraction of sp³-hybridized carbons (Fsp3) is 1.00. The lowest BCUT2D eigenvalue weighted by Gasteiger charge is -2.18. The third kappa shape index (κ3) is 5.34. The monoisotopic (exact) mass is 245 g/mol. The minimum atomic E-state index is 0.213. The third-order valence-corrected chi connectivity index (χ3v) is 3.35. The molecule has 102 valence electrons. The number of ether oxygens (including phenoxy) is 2. The van der Waals surface area contributed by atoms with Crippen molar-refractivity contribution < 1.29 is 14.6 Å². The van der Waals surface area contributed by atoms with Crippen molar-refractivity contribution in [3.63, 3.8) is 0 Å². The fourth-order valence-electron chi connectivity index (χ4n) is 2.66. The summed E-state index contributed by atoms with van der Waals surface area (Å²) in [5.74, 6) is 0.959. The number of aliphatic hydroxyl groups is 1. The van der Waals surface area contributed by atoms with Gasteiger partial charge in [-0.3, -0.25) is 0 Å². The van der Waals surface area contributed by atoms with E-state index in [1.165, 1.54) is 0 Å². The average Bonchev–Trinajstić information content (AvgIpc) is 2.66. The second-order valence-electron chi connectivity index (χ2n) is 5.15. The molecule has 1 aliphatic carbocycles. The van der Waals surface area contributed by atoms with Crippen LogP contribution in [0.3, 0.4) is 0 Å². The maximum absolute atomic E-state index is 9.37. The molecule has 0 spiro atoms. The van der Waals surface area contributed by atoms with Gasteiger partial charge in [0.1, 0.15) is 0 Å². The van der Waals surface area contributed by atoms with E-state index < -0.39 is 0 Å². The molecular formula is C13H27NO3. The van der Waals surface area contributed by atoms with Crippen LogP contribution in [0.2, 0.25) is 0 Å². The van der Waals surface area contributed by atoms with E-state index in [0.717, 1.165) is 26.0 Å². The molecule has 1 saturated carbocycles. The molecule has 4 nitrogen and oxygen atoms in total. The van der Waals surface area contributed by atoms with Crippen LogP contribution in [-0.2, 0) is 9.47 Å². The Bertz CT molecular complexity index is 199. The van der Waals surface area contributed by atoms with Crippen LogP contribution in [-0.4, -0.2) is 63.2 Å². The first-order chi connectivity index (χ1) is 8.17. The predicted octanol–water partition coefficient (Wildman–Crippen LogP) is 0.988. The molecule has 0 bridgehead atoms. The molecule has 0 aromatic rings. The highest BCUT2D eigenvalue weighted by Gasteiger charge is 2.34. The zero-order valence-corrected chi connectivity index (χ0v) is 11.4. The van der Waals surface area contributed by atoms with Gasteiger partial charge in [-0.05, 0) is 39.8 Å². The quantitative estimate of drug-likeness (QED) is 0.648. The van der Waals surface area contributed by atoms with E-state index >= 15 is 0 Å². The molecule has 1 aliphatic rings. The molecule has 17 heavy (non-hydrogen) atoms. The van der Waals surface area contributed by atoms with Crippen molar-refractivity contribution in [2.24, 2.45) is 11.8 Å². The number of rotatable bonds is 8. The lowest BCUT2D eigenvalue weighted by Crippen LogP contribution is -2.23. The number of aliphatic hydroxyl groups excluding tert-OH is 1. The third-order valence-electron chi connectivity index (χ3n) is 3.35. The van der Waals surface area contributed by atoms with Crippen molar-refractivity contribution in [3.8, 4) is 0 Å². The summed E-state index contributed by atoms with van der Waals surface area (Å²) < 4.78 is 11.1. The summed E-state index contributed by atoms with van der Waals surface area (Å²) in [5, 5.41) is 9.37. The summed E-state index contributed by atoms with van der Waals surface area (Å²) in [6, 6.07) is 0. The first kappa shape index (κ1) is 14.9. The Morgan fingerprint density at radius 2 is 2.00 bits per heavy atom. The van der Waals surface area contributed by atoms with Gasteiger partial charge in [0.15, 0.2) is 0 Å². The molecule has 4 heteroatoms. The number of nitrogens with zero attached hydrogens (tertiary/aromatic N) is 1. The van der Waals surface area contributed by atoms with Gasteiger partial charge in [-0.2, -0.15) is 0 Å². The largest absolute Gasteiger partial charge is 0.396 e. The van der Waals surface area contributed by atoms with Crippen molar-refractivity contribution >= 4 is 0 Å². The Labute approximate surface area is 105 Å². The highest BCUT2D eigenvalue weighted by atomic mass is 16.5. The summed E-state index contributed by atoms with van der Waals surface area (Å²) in [5.41, 5.74) is 0. The molecule has 3 atom stereocenters. The van der Waals surface area contributed by atoms with Crippen LogP contribution in [0.25, 0.3) is 0 Å². The highest BCUT2D eigenvalue weighted by molar-refractivity contribution is 4.85. The van der Waals surface area contributed by atoms with Gasteiger partial charge >= 0.3 is 0 Å². The molecule has 1 N–H and O–H groups in total. The number of hydrogen-bond acceptors (Lipinski definition) is 4. The molecule has 0 aliphatic heterocycles. The van der Waals surface area contributed by atoms with E-state index in [0.29, 0.717) is 25.0 Å². The Morgan fingerprint density at radius 1 is 1.24 bits per heavy atom. The second kappa shape index (κ2) is 8.03. The van der Waals surface area contributed by atoms with Gasteiger partial charge in [-0.15, -0.1) is 0 Å². The first-order valence-corrected chi connectivity index (χ1v) is 6.62. The van der Waals surface area contributed by atoms with Gasteiger partial charge in [0, 0.05) is 25.7 Å². The van der Waals surface area contributed by atoms with Gasteiger partial charge < -0.3 is 19.5 Å². The standard InChI is InChI=1S/C13H27NO3/c1-4-16-5-6-17-13-8-11(9-14(2)3)7-12(13)10-15/h11-13,15H,4-10H2,1-3H3/t11-,12+,13-/m1/s1. The predicted molar refractivity (Wildman–Crippen MR) is 68.1 cm³/mol. The normalized spacial score (nSPS) is 29.1. The topological polar surface area (TPSA) is 41.9 Å². The van der Waals surface area contributed by atoms with Crippen LogP contribution in [0, 0.1) is 11.8 Å². The Balaban J connectivity index is 2.27. The average molecular weight is 245 g/mol. The molecule has 0 saturated heterocycles. The number of hydrogen-bond donors (Lipinski definition) is 1. The summed E-state index contributed by atoms with van der Waals surface area (Å²) in [4.78, 5) is 2.21. The highest BCUT2D eigenvalue weighted by Crippen LogP contribution is 2.33. The molecule has 0 radical (unpaired) electrons. The second-order valence-corrected chi connectivity index (χ2v) is 5.15. The lowest BCUT2D eigenvalue weighted by molar-refractivity contribution is -0.0199. The van der Waals surface area contributed by atoms with Crippen LogP contribution in [0.1, 0.15) is 19.8 Å². The van der Waals surface area contributed by atoms with Crippen LogP contribution >= 0.6 is 0 Å². The van der Waals surface area contributed by atoms with Crippen LogP contribution < -0.4 is 0 Å². The Morgan fingerprint density at radius 3 is 2.59 bits per heavy atom. The van der Waals surface area contributed by atoms with Crippen LogP contribution in [0.4, 0.5) is 0 Å². The van der Waals surface area contributed by atoms with Gasteiger partial charge in [-0.1, -0.05) is 0 Å². The molecule has 0 amide bonds. The molecule has 1 fully saturated rings. The van der Waals surface area contributed by atoms with E-state index in [9.17, 15) is 5.11 Å². The summed E-state index contributed by atoms with van der Waals surface area (Å²) in [7, 11) is 4.19. The van der Waals surface area contributed by atoms with Crippen molar-refractivity contribution in [3.05, 3.63) is 0 Å². The van der Waals surface area contributed by atoms with Crippen molar-refractivity contribution in [1.82, 2.24) is 4.90 Å². The summed E-state index contributed by atoms with van der Waals surface area (Å²) >= 11 is 0. The van der Waals surface area contributed by atoms with Crippen LogP contribution in [0.15, 0.2) is 0 Å². The Kier molecular flexibility index (Phi) is 7.04. The summed E-state index contributed by atoms with van der Waals surface area (Å²) in [6.07, 6.45) is 2.36. The first-order valence-electron chi connectivity index (χ1n) is 6.62. The molecular weight excluding hydrogens is 218 g/mol. The van der Waals surface area contributed by atoms with E-state index in [4.69, 9.17) is 9.47 Å². The van der Waals surface area contributed by atoms with E-state index in [-0.39, 0.29) is 12.7 Å². The van der Waals surface area contributed by atoms with Crippen LogP contribution in [0.5, 0.6) is 0 Å². The van der Waals surface area contributed by atoms with Gasteiger partial charge in [0.2, 0.25) is 0 Å². The minimum absolute atomic E-state index is 0.213. The maximum atomic E-state index is 9.37. The smallest absolute Gasteiger partial charge is 0.0704 e. The van der Waals surface area contributed by atoms with E-state index in [1.54, 1.807) is 0 Å². The van der Waals surface area contributed by atoms with Crippen molar-refractivity contribution in [2.75, 3.05) is 47.1 Å². The van der Waals surface area contributed by atoms with E-state index in [2.05, 4.69) is 19.0 Å². The fourth-order valence-corrected chi connectivity index (χ4v) is 2.66. The lowest BCUT2D eigenvalue weighted by atomic mass is 10.1. The SMILES string of the molecule is CCOCCO[C@@H]1C[C@H](CN(C)C)C[C@H]1CO. The molecule has 0 aromatic heterocycles. The van der Waals surface area contributed by atoms with Gasteiger partial charge in [0.05, 0.1) is 19.3 Å². The molecule has 1 rings (SSSR count). The van der Waals surface area contributed by atoms with Crippen molar-refractivity contribution in [2.45, 2.75) is 25.9 Å². The van der Waals surface area contributed by atoms with Crippen molar-refractivity contribution in [1.29, 1.82) is 0 Å². The maximum Gasteiger partial charge on any atom is 0.0704 e. The zero-order chi connectivity index (χ0) is 12.7.